The molecule has 0 aliphatic carbocycles. The Balaban J connectivity index is 1.61. The number of rotatable bonds is 5. The molecule has 2 heterocycles. The van der Waals surface area contributed by atoms with Gasteiger partial charge in [-0.1, -0.05) is 23.9 Å². The molecule has 6 heteroatoms. The third kappa shape index (κ3) is 3.46. The molecule has 0 bridgehead atoms. The summed E-state index contributed by atoms with van der Waals surface area (Å²) >= 11 is 1.39. The summed E-state index contributed by atoms with van der Waals surface area (Å²) in [5, 5.41) is 3.59. The molecule has 3 aromatic rings. The number of carbonyl (C=O) groups excluding carboxylic acids is 1. The van der Waals surface area contributed by atoms with Crippen LogP contribution in [0.1, 0.15) is 11.5 Å². The van der Waals surface area contributed by atoms with Crippen molar-refractivity contribution in [1.29, 1.82) is 0 Å². The number of amides is 1. The molecular formula is C16H15N3O2S. The lowest BCUT2D eigenvalue weighted by molar-refractivity contribution is -0.118. The monoisotopic (exact) mass is 313 g/mol. The Kier molecular flexibility index (Phi) is 4.39. The summed E-state index contributed by atoms with van der Waals surface area (Å²) in [7, 11) is 0. The van der Waals surface area contributed by atoms with E-state index in [4.69, 9.17) is 4.42 Å². The zero-order valence-corrected chi connectivity index (χ0v) is 12.9. The highest BCUT2D eigenvalue weighted by Crippen LogP contribution is 2.21. The van der Waals surface area contributed by atoms with Crippen molar-refractivity contribution in [3.63, 3.8) is 0 Å². The van der Waals surface area contributed by atoms with Crippen LogP contribution >= 0.6 is 11.8 Å². The van der Waals surface area contributed by atoms with Gasteiger partial charge in [-0.25, -0.2) is 9.97 Å². The van der Waals surface area contributed by atoms with Gasteiger partial charge in [-0.15, -0.1) is 0 Å². The van der Waals surface area contributed by atoms with Crippen molar-refractivity contribution >= 4 is 28.7 Å². The smallest absolute Gasteiger partial charge is 0.230 e. The number of benzene rings is 1. The minimum Gasteiger partial charge on any atom is -0.467 e. The Morgan fingerprint density at radius 3 is 2.68 bits per heavy atom. The topological polar surface area (TPSA) is 68.0 Å². The molecule has 0 spiro atoms. The third-order valence-corrected chi connectivity index (χ3v) is 4.15. The number of hydrogen-bond donors (Lipinski definition) is 1. The number of nitrogens with zero attached hydrogens (tertiary/aromatic N) is 2. The van der Waals surface area contributed by atoms with Gasteiger partial charge < -0.3 is 9.73 Å². The van der Waals surface area contributed by atoms with E-state index in [-0.39, 0.29) is 5.91 Å². The molecule has 0 saturated heterocycles. The highest BCUT2D eigenvalue weighted by Gasteiger charge is 2.09. The van der Waals surface area contributed by atoms with Crippen LogP contribution in [0.15, 0.2) is 52.1 Å². The van der Waals surface area contributed by atoms with Crippen LogP contribution in [0.5, 0.6) is 0 Å². The van der Waals surface area contributed by atoms with Gasteiger partial charge in [-0.05, 0) is 31.2 Å². The molecule has 5 nitrogen and oxygen atoms in total. The average Bonchev–Trinajstić information content (AvgIpc) is 3.04. The zero-order valence-electron chi connectivity index (χ0n) is 12.1. The second-order valence-electron chi connectivity index (χ2n) is 4.75. The van der Waals surface area contributed by atoms with Crippen LogP contribution in [0.2, 0.25) is 0 Å². The molecule has 1 aromatic carbocycles. The Hall–Kier alpha value is -2.34. The molecular weight excluding hydrogens is 298 g/mol. The summed E-state index contributed by atoms with van der Waals surface area (Å²) in [6, 6.07) is 11.3. The molecule has 2 aromatic heterocycles. The van der Waals surface area contributed by atoms with Crippen molar-refractivity contribution in [2.45, 2.75) is 18.5 Å². The summed E-state index contributed by atoms with van der Waals surface area (Å²) in [5.74, 6) is 0.977. The van der Waals surface area contributed by atoms with E-state index in [0.29, 0.717) is 12.3 Å². The molecule has 1 N–H and O–H groups in total. The predicted molar refractivity (Wildman–Crippen MR) is 85.6 cm³/mol. The van der Waals surface area contributed by atoms with E-state index >= 15 is 0 Å². The minimum atomic E-state index is -0.0595. The lowest BCUT2D eigenvalue weighted by atomic mass is 10.3. The molecule has 3 rings (SSSR count). The summed E-state index contributed by atoms with van der Waals surface area (Å²) in [4.78, 5) is 20.9. The largest absolute Gasteiger partial charge is 0.467 e. The van der Waals surface area contributed by atoms with Gasteiger partial charge in [0.05, 0.1) is 35.3 Å². The first-order chi connectivity index (χ1) is 10.7. The molecule has 0 aliphatic rings. The molecule has 0 saturated carbocycles. The second kappa shape index (κ2) is 6.62. The summed E-state index contributed by atoms with van der Waals surface area (Å²) in [5.41, 5.74) is 2.54. The standard InChI is InChI=1S/C16H15N3O2S/c1-11-16(19-14-7-3-2-6-13(14)18-11)22-10-15(20)17-9-12-5-4-8-21-12/h2-8H,9-10H2,1H3,(H,17,20). The van der Waals surface area contributed by atoms with E-state index in [0.717, 1.165) is 27.5 Å². The summed E-state index contributed by atoms with van der Waals surface area (Å²) < 4.78 is 5.17. The van der Waals surface area contributed by atoms with E-state index in [2.05, 4.69) is 15.3 Å². The molecule has 0 aliphatic heterocycles. The van der Waals surface area contributed by atoms with Gasteiger partial charge in [0, 0.05) is 0 Å². The molecule has 0 unspecified atom stereocenters. The van der Waals surface area contributed by atoms with Crippen molar-refractivity contribution < 1.29 is 9.21 Å². The average molecular weight is 313 g/mol. The van der Waals surface area contributed by atoms with Crippen molar-refractivity contribution in [2.75, 3.05) is 5.75 Å². The van der Waals surface area contributed by atoms with Gasteiger partial charge >= 0.3 is 0 Å². The first-order valence-corrected chi connectivity index (χ1v) is 7.86. The SMILES string of the molecule is Cc1nc2ccccc2nc1SCC(=O)NCc1ccco1. The van der Waals surface area contributed by atoms with E-state index in [1.165, 1.54) is 11.8 Å². The number of fused-ring (bicyclic) bond motifs is 1. The van der Waals surface area contributed by atoms with E-state index in [9.17, 15) is 4.79 Å². The normalized spacial score (nSPS) is 10.8. The van der Waals surface area contributed by atoms with Crippen LogP contribution in [0, 0.1) is 6.92 Å². The summed E-state index contributed by atoms with van der Waals surface area (Å²) in [6.07, 6.45) is 1.59. The van der Waals surface area contributed by atoms with Crippen LogP contribution in [-0.2, 0) is 11.3 Å². The molecule has 0 atom stereocenters. The number of carbonyl (C=O) groups is 1. The minimum absolute atomic E-state index is 0.0595. The number of thioether (sulfide) groups is 1. The Morgan fingerprint density at radius 2 is 1.95 bits per heavy atom. The number of hydrogen-bond acceptors (Lipinski definition) is 5. The van der Waals surface area contributed by atoms with Crippen LogP contribution < -0.4 is 5.32 Å². The van der Waals surface area contributed by atoms with Gasteiger partial charge in [0.1, 0.15) is 10.8 Å². The number of para-hydroxylation sites is 2. The maximum atomic E-state index is 11.9. The number of aromatic nitrogens is 2. The number of nitrogens with one attached hydrogen (secondary N) is 1. The van der Waals surface area contributed by atoms with E-state index in [1.54, 1.807) is 12.3 Å². The maximum absolute atomic E-state index is 11.9. The van der Waals surface area contributed by atoms with Crippen LogP contribution in [0.4, 0.5) is 0 Å². The lowest BCUT2D eigenvalue weighted by Gasteiger charge is -2.06. The lowest BCUT2D eigenvalue weighted by Crippen LogP contribution is -2.24. The Morgan fingerprint density at radius 1 is 1.18 bits per heavy atom. The highest BCUT2D eigenvalue weighted by atomic mass is 32.2. The molecule has 112 valence electrons. The van der Waals surface area contributed by atoms with Gasteiger partial charge in [0.25, 0.3) is 0 Å². The van der Waals surface area contributed by atoms with Gasteiger partial charge in [0.15, 0.2) is 0 Å². The maximum Gasteiger partial charge on any atom is 0.230 e. The van der Waals surface area contributed by atoms with Crippen LogP contribution in [0.25, 0.3) is 11.0 Å². The van der Waals surface area contributed by atoms with Crippen LogP contribution in [0.3, 0.4) is 0 Å². The molecule has 1 amide bonds. The Labute approximate surface area is 132 Å². The fraction of sp³-hybridized carbons (Fsp3) is 0.188. The Bertz CT molecular complexity index is 787. The van der Waals surface area contributed by atoms with Crippen LogP contribution in [-0.4, -0.2) is 21.6 Å². The van der Waals surface area contributed by atoms with Crippen molar-refractivity contribution in [3.05, 3.63) is 54.1 Å². The van der Waals surface area contributed by atoms with Crippen molar-refractivity contribution in [3.8, 4) is 0 Å². The quantitative estimate of drug-likeness (QED) is 0.734. The first kappa shape index (κ1) is 14.6. The highest BCUT2D eigenvalue weighted by molar-refractivity contribution is 7.99. The molecule has 0 radical (unpaired) electrons. The van der Waals surface area contributed by atoms with E-state index in [1.807, 2.05) is 37.3 Å². The predicted octanol–water partition coefficient (Wildman–Crippen LogP) is 2.94. The van der Waals surface area contributed by atoms with Crippen molar-refractivity contribution in [1.82, 2.24) is 15.3 Å². The van der Waals surface area contributed by atoms with Gasteiger partial charge in [-0.3, -0.25) is 4.79 Å². The number of furan rings is 1. The van der Waals surface area contributed by atoms with E-state index < -0.39 is 0 Å². The fourth-order valence-electron chi connectivity index (χ4n) is 1.99. The summed E-state index contributed by atoms with van der Waals surface area (Å²) in [6.45, 7) is 2.30. The molecule has 0 fully saturated rings. The second-order valence-corrected chi connectivity index (χ2v) is 5.71. The fourth-order valence-corrected chi connectivity index (χ4v) is 2.78. The first-order valence-electron chi connectivity index (χ1n) is 6.87. The van der Waals surface area contributed by atoms with Gasteiger partial charge in [-0.2, -0.15) is 0 Å². The number of aryl methyl sites for hydroxylation is 1. The van der Waals surface area contributed by atoms with Gasteiger partial charge in [0.2, 0.25) is 5.91 Å². The molecule has 22 heavy (non-hydrogen) atoms. The van der Waals surface area contributed by atoms with Crippen molar-refractivity contribution in [2.24, 2.45) is 0 Å². The zero-order chi connectivity index (χ0) is 15.4. The third-order valence-electron chi connectivity index (χ3n) is 3.08.